The number of urea groups is 1. The van der Waals surface area contributed by atoms with Gasteiger partial charge >= 0.3 is 6.03 Å². The van der Waals surface area contributed by atoms with Crippen LogP contribution in [0.5, 0.6) is 0 Å². The van der Waals surface area contributed by atoms with Crippen molar-refractivity contribution in [2.45, 2.75) is 33.1 Å². The quantitative estimate of drug-likeness (QED) is 0.844. The third-order valence-electron chi connectivity index (χ3n) is 4.38. The molecule has 0 saturated carbocycles. The Kier molecular flexibility index (Phi) is 6.46. The van der Waals surface area contributed by atoms with Crippen LogP contribution in [-0.4, -0.2) is 48.2 Å². The fourth-order valence-corrected chi connectivity index (χ4v) is 3.58. The van der Waals surface area contributed by atoms with E-state index in [2.05, 4.69) is 21.3 Å². The first-order chi connectivity index (χ1) is 12.6. The Morgan fingerprint density at radius 2 is 1.96 bits per heavy atom. The van der Waals surface area contributed by atoms with E-state index in [0.717, 1.165) is 29.3 Å². The van der Waals surface area contributed by atoms with Crippen LogP contribution < -0.4 is 10.2 Å². The molecule has 1 aromatic carbocycles. The molecule has 7 heteroatoms. The average Bonchev–Trinajstić information content (AvgIpc) is 3.20. The molecule has 3 rings (SSSR count). The van der Waals surface area contributed by atoms with Gasteiger partial charge in [0.25, 0.3) is 0 Å². The van der Waals surface area contributed by atoms with E-state index in [1.807, 2.05) is 48.5 Å². The molecule has 1 fully saturated rings. The second-order valence-corrected chi connectivity index (χ2v) is 7.45. The fraction of sp³-hybridized carbons (Fsp3) is 0.474. The van der Waals surface area contributed by atoms with E-state index in [1.165, 1.54) is 0 Å². The minimum absolute atomic E-state index is 0.0108. The predicted octanol–water partition coefficient (Wildman–Crippen LogP) is 3.10. The van der Waals surface area contributed by atoms with Gasteiger partial charge in [-0.05, 0) is 25.0 Å². The van der Waals surface area contributed by atoms with Gasteiger partial charge in [0.05, 0.1) is 12.7 Å². The predicted molar refractivity (Wildman–Crippen MR) is 105 cm³/mol. The van der Waals surface area contributed by atoms with Crippen molar-refractivity contribution < 1.29 is 9.53 Å². The Morgan fingerprint density at radius 1 is 1.23 bits per heavy atom. The number of thiazole rings is 1. The van der Waals surface area contributed by atoms with Gasteiger partial charge in [0, 0.05) is 44.3 Å². The third kappa shape index (κ3) is 4.95. The monoisotopic (exact) mass is 374 g/mol. The van der Waals surface area contributed by atoms with Crippen LogP contribution in [0.25, 0.3) is 0 Å². The van der Waals surface area contributed by atoms with Gasteiger partial charge in [-0.2, -0.15) is 0 Å². The number of rotatable bonds is 6. The zero-order valence-corrected chi connectivity index (χ0v) is 16.2. The Morgan fingerprint density at radius 3 is 2.62 bits per heavy atom. The van der Waals surface area contributed by atoms with E-state index >= 15 is 0 Å². The number of carbonyl (C=O) groups excluding carboxylic acids is 1. The number of anilines is 1. The van der Waals surface area contributed by atoms with Gasteiger partial charge in [-0.1, -0.05) is 24.3 Å². The molecule has 2 aromatic rings. The topological polar surface area (TPSA) is 57.7 Å². The van der Waals surface area contributed by atoms with E-state index in [-0.39, 0.29) is 12.1 Å². The van der Waals surface area contributed by atoms with Crippen molar-refractivity contribution in [2.24, 2.45) is 0 Å². The van der Waals surface area contributed by atoms with E-state index in [9.17, 15) is 4.79 Å². The Bertz CT molecular complexity index is 697. The zero-order valence-electron chi connectivity index (χ0n) is 15.4. The summed E-state index contributed by atoms with van der Waals surface area (Å²) in [5, 5.41) is 6.06. The van der Waals surface area contributed by atoms with Gasteiger partial charge in [-0.3, -0.25) is 0 Å². The van der Waals surface area contributed by atoms with Crippen molar-refractivity contribution in [3.05, 3.63) is 47.0 Å². The Hall–Kier alpha value is -2.12. The molecular weight excluding hydrogens is 348 g/mol. The highest BCUT2D eigenvalue weighted by Gasteiger charge is 2.22. The van der Waals surface area contributed by atoms with Crippen molar-refractivity contribution >= 4 is 22.5 Å². The number of carbonyl (C=O) groups is 1. The first-order valence-electron chi connectivity index (χ1n) is 8.99. The van der Waals surface area contributed by atoms with E-state index in [4.69, 9.17) is 4.74 Å². The molecule has 0 radical (unpaired) electrons. The summed E-state index contributed by atoms with van der Waals surface area (Å²) < 4.78 is 5.71. The SMILES string of the molecule is CC(C)OCc1ccccc1CNC(=O)N1CCN(c2nccs2)CC1. The average molecular weight is 375 g/mol. The summed E-state index contributed by atoms with van der Waals surface area (Å²) in [4.78, 5) is 20.9. The summed E-state index contributed by atoms with van der Waals surface area (Å²) in [6.45, 7) is 8.19. The molecule has 140 valence electrons. The number of ether oxygens (including phenoxy) is 1. The van der Waals surface area contributed by atoms with Crippen molar-refractivity contribution in [3.8, 4) is 0 Å². The maximum atomic E-state index is 12.5. The van der Waals surface area contributed by atoms with Crippen molar-refractivity contribution in [3.63, 3.8) is 0 Å². The number of piperazine rings is 1. The number of hydrogen-bond acceptors (Lipinski definition) is 5. The maximum absolute atomic E-state index is 12.5. The van der Waals surface area contributed by atoms with Crippen LogP contribution in [0.2, 0.25) is 0 Å². The van der Waals surface area contributed by atoms with Crippen LogP contribution in [0.3, 0.4) is 0 Å². The lowest BCUT2D eigenvalue weighted by Crippen LogP contribution is -2.51. The number of hydrogen-bond donors (Lipinski definition) is 1. The molecule has 0 aliphatic carbocycles. The van der Waals surface area contributed by atoms with Crippen molar-refractivity contribution in [1.29, 1.82) is 0 Å². The van der Waals surface area contributed by atoms with Crippen molar-refractivity contribution in [2.75, 3.05) is 31.1 Å². The highest BCUT2D eigenvalue weighted by molar-refractivity contribution is 7.13. The lowest BCUT2D eigenvalue weighted by atomic mass is 10.1. The zero-order chi connectivity index (χ0) is 18.4. The van der Waals surface area contributed by atoms with Gasteiger partial charge in [0.1, 0.15) is 0 Å². The number of nitrogens with one attached hydrogen (secondary N) is 1. The van der Waals surface area contributed by atoms with Crippen LogP contribution in [0, 0.1) is 0 Å². The fourth-order valence-electron chi connectivity index (χ4n) is 2.88. The molecule has 0 unspecified atom stereocenters. The molecule has 0 atom stereocenters. The first-order valence-corrected chi connectivity index (χ1v) is 9.87. The Labute approximate surface area is 158 Å². The van der Waals surface area contributed by atoms with Gasteiger partial charge in [-0.25, -0.2) is 9.78 Å². The molecule has 1 saturated heterocycles. The minimum Gasteiger partial charge on any atom is -0.374 e. The molecule has 2 heterocycles. The summed E-state index contributed by atoms with van der Waals surface area (Å²) in [5.74, 6) is 0. The van der Waals surface area contributed by atoms with E-state index < -0.39 is 0 Å². The summed E-state index contributed by atoms with van der Waals surface area (Å²) in [6, 6.07) is 8.08. The largest absolute Gasteiger partial charge is 0.374 e. The van der Waals surface area contributed by atoms with Crippen LogP contribution in [0.1, 0.15) is 25.0 Å². The molecule has 1 aliphatic rings. The Balaban J connectivity index is 1.49. The molecular formula is C19H26N4O2S. The molecule has 1 aromatic heterocycles. The molecule has 0 bridgehead atoms. The number of amides is 2. The summed E-state index contributed by atoms with van der Waals surface area (Å²) in [7, 11) is 0. The standard InChI is InChI=1S/C19H26N4O2S/c1-15(2)25-14-17-6-4-3-5-16(17)13-21-18(24)22-8-10-23(11-9-22)19-20-7-12-26-19/h3-7,12,15H,8-11,13-14H2,1-2H3,(H,21,24). The van der Waals surface area contributed by atoms with Crippen LogP contribution in [0.4, 0.5) is 9.93 Å². The molecule has 1 N–H and O–H groups in total. The second kappa shape index (κ2) is 9.00. The second-order valence-electron chi connectivity index (χ2n) is 6.58. The summed E-state index contributed by atoms with van der Waals surface area (Å²) in [5.41, 5.74) is 2.22. The van der Waals surface area contributed by atoms with Gasteiger partial charge in [-0.15, -0.1) is 11.3 Å². The summed E-state index contributed by atoms with van der Waals surface area (Å²) in [6.07, 6.45) is 2.01. The van der Waals surface area contributed by atoms with Gasteiger partial charge in [0.15, 0.2) is 5.13 Å². The molecule has 1 aliphatic heterocycles. The van der Waals surface area contributed by atoms with Crippen LogP contribution >= 0.6 is 11.3 Å². The van der Waals surface area contributed by atoms with E-state index in [1.54, 1.807) is 11.3 Å². The van der Waals surface area contributed by atoms with E-state index in [0.29, 0.717) is 26.2 Å². The van der Waals surface area contributed by atoms with Crippen LogP contribution in [-0.2, 0) is 17.9 Å². The smallest absolute Gasteiger partial charge is 0.317 e. The normalized spacial score (nSPS) is 14.7. The number of benzene rings is 1. The number of aromatic nitrogens is 1. The lowest BCUT2D eigenvalue weighted by Gasteiger charge is -2.34. The highest BCUT2D eigenvalue weighted by atomic mass is 32.1. The third-order valence-corrected chi connectivity index (χ3v) is 5.21. The first kappa shape index (κ1) is 18.7. The maximum Gasteiger partial charge on any atom is 0.317 e. The molecule has 26 heavy (non-hydrogen) atoms. The molecule has 6 nitrogen and oxygen atoms in total. The molecule has 2 amide bonds. The van der Waals surface area contributed by atoms with Crippen LogP contribution in [0.15, 0.2) is 35.8 Å². The lowest BCUT2D eigenvalue weighted by molar-refractivity contribution is 0.0652. The highest BCUT2D eigenvalue weighted by Crippen LogP contribution is 2.19. The van der Waals surface area contributed by atoms with Gasteiger partial charge < -0.3 is 19.9 Å². The number of nitrogens with zero attached hydrogens (tertiary/aromatic N) is 3. The summed E-state index contributed by atoms with van der Waals surface area (Å²) >= 11 is 1.64. The van der Waals surface area contributed by atoms with Crippen molar-refractivity contribution in [1.82, 2.24) is 15.2 Å². The molecule has 0 spiro atoms. The van der Waals surface area contributed by atoms with Gasteiger partial charge in [0.2, 0.25) is 0 Å². The minimum atomic E-state index is -0.0108.